The summed E-state index contributed by atoms with van der Waals surface area (Å²) in [5.74, 6) is 0.790. The predicted molar refractivity (Wildman–Crippen MR) is 70.1 cm³/mol. The van der Waals surface area contributed by atoms with E-state index in [2.05, 4.69) is 16.4 Å². The number of halogens is 1. The minimum absolute atomic E-state index is 0.424. The van der Waals surface area contributed by atoms with Crippen LogP contribution in [0, 0.1) is 0 Å². The third-order valence-electron chi connectivity index (χ3n) is 2.17. The van der Waals surface area contributed by atoms with Crippen LogP contribution in [0.25, 0.3) is 0 Å². The Morgan fingerprint density at radius 1 is 1.50 bits per heavy atom. The monoisotopic (exact) mass is 253 g/mol. The van der Waals surface area contributed by atoms with Crippen LogP contribution in [0.15, 0.2) is 29.6 Å². The zero-order valence-corrected chi connectivity index (χ0v) is 10.4. The van der Waals surface area contributed by atoms with Crippen LogP contribution in [-0.2, 0) is 6.54 Å². The van der Waals surface area contributed by atoms with Crippen molar-refractivity contribution in [3.05, 3.63) is 39.7 Å². The Balaban J connectivity index is 2.17. The molecule has 0 saturated heterocycles. The lowest BCUT2D eigenvalue weighted by atomic mass is 10.3. The van der Waals surface area contributed by atoms with Gasteiger partial charge in [0.1, 0.15) is 11.0 Å². The highest BCUT2D eigenvalue weighted by molar-refractivity contribution is 7.09. The number of anilines is 2. The van der Waals surface area contributed by atoms with E-state index < -0.39 is 0 Å². The fourth-order valence-corrected chi connectivity index (χ4v) is 2.38. The molecular weight excluding hydrogens is 242 g/mol. The summed E-state index contributed by atoms with van der Waals surface area (Å²) in [6.07, 6.45) is 0. The van der Waals surface area contributed by atoms with Gasteiger partial charge in [0.25, 0.3) is 0 Å². The van der Waals surface area contributed by atoms with E-state index >= 15 is 0 Å². The fourth-order valence-electron chi connectivity index (χ4n) is 1.42. The molecule has 0 aliphatic carbocycles. The minimum atomic E-state index is 0.424. The molecule has 2 rings (SSSR count). The number of nitrogens with zero attached hydrogens (tertiary/aromatic N) is 2. The number of pyridine rings is 1. The summed E-state index contributed by atoms with van der Waals surface area (Å²) in [7, 11) is 1.97. The summed E-state index contributed by atoms with van der Waals surface area (Å²) in [4.78, 5) is 7.53. The average Bonchev–Trinajstić information content (AvgIpc) is 2.68. The van der Waals surface area contributed by atoms with Crippen molar-refractivity contribution in [2.75, 3.05) is 17.7 Å². The number of hydrogen-bond donors (Lipinski definition) is 1. The third kappa shape index (κ3) is 2.65. The SMILES string of the molecule is CN(Cc1cccs1)c1cc(N)cc(Cl)n1. The third-order valence-corrected chi connectivity index (χ3v) is 3.22. The first kappa shape index (κ1) is 11.2. The molecule has 2 N–H and O–H groups in total. The van der Waals surface area contributed by atoms with Crippen LogP contribution < -0.4 is 10.6 Å². The van der Waals surface area contributed by atoms with Crippen LogP contribution in [0.2, 0.25) is 5.15 Å². The molecule has 0 aliphatic heterocycles. The standard InChI is InChI=1S/C11H12ClN3S/c1-15(7-9-3-2-4-16-9)11-6-8(13)5-10(12)14-11/h2-6H,7H2,1H3,(H2,13,14). The van der Waals surface area contributed by atoms with Gasteiger partial charge in [0.2, 0.25) is 0 Å². The molecule has 0 aliphatic rings. The normalized spacial score (nSPS) is 10.4. The highest BCUT2D eigenvalue weighted by Crippen LogP contribution is 2.21. The second-order valence-electron chi connectivity index (χ2n) is 3.52. The van der Waals surface area contributed by atoms with Crippen molar-refractivity contribution in [2.45, 2.75) is 6.54 Å². The maximum absolute atomic E-state index is 5.86. The molecule has 2 aromatic heterocycles. The molecule has 2 aromatic rings. The van der Waals surface area contributed by atoms with E-state index in [0.717, 1.165) is 12.4 Å². The molecule has 3 nitrogen and oxygen atoms in total. The van der Waals surface area contributed by atoms with E-state index in [1.807, 2.05) is 24.1 Å². The smallest absolute Gasteiger partial charge is 0.133 e. The van der Waals surface area contributed by atoms with Gasteiger partial charge < -0.3 is 10.6 Å². The lowest BCUT2D eigenvalue weighted by molar-refractivity contribution is 0.913. The first-order chi connectivity index (χ1) is 7.65. The molecule has 0 atom stereocenters. The summed E-state index contributed by atoms with van der Waals surface area (Å²) < 4.78 is 0. The molecule has 0 fully saturated rings. The first-order valence-electron chi connectivity index (χ1n) is 4.82. The van der Waals surface area contributed by atoms with E-state index in [4.69, 9.17) is 17.3 Å². The first-order valence-corrected chi connectivity index (χ1v) is 6.07. The van der Waals surface area contributed by atoms with Crippen LogP contribution in [0.3, 0.4) is 0 Å². The summed E-state index contributed by atoms with van der Waals surface area (Å²) >= 11 is 7.58. The Morgan fingerprint density at radius 2 is 2.31 bits per heavy atom. The molecule has 0 bridgehead atoms. The van der Waals surface area contributed by atoms with E-state index in [0.29, 0.717) is 10.8 Å². The zero-order valence-electron chi connectivity index (χ0n) is 8.85. The fraction of sp³-hybridized carbons (Fsp3) is 0.182. The predicted octanol–water partition coefficient (Wildman–Crippen LogP) is 3.02. The van der Waals surface area contributed by atoms with Crippen LogP contribution in [-0.4, -0.2) is 12.0 Å². The van der Waals surface area contributed by atoms with Crippen LogP contribution in [0.4, 0.5) is 11.5 Å². The number of thiophene rings is 1. The van der Waals surface area contributed by atoms with Crippen molar-refractivity contribution >= 4 is 34.4 Å². The van der Waals surface area contributed by atoms with E-state index in [1.165, 1.54) is 4.88 Å². The van der Waals surface area contributed by atoms with Gasteiger partial charge in [-0.25, -0.2) is 4.98 Å². The number of rotatable bonds is 3. The van der Waals surface area contributed by atoms with Crippen molar-refractivity contribution in [3.63, 3.8) is 0 Å². The largest absolute Gasteiger partial charge is 0.399 e. The summed E-state index contributed by atoms with van der Waals surface area (Å²) in [5.41, 5.74) is 6.35. The van der Waals surface area contributed by atoms with Crippen LogP contribution >= 0.6 is 22.9 Å². The number of nitrogen functional groups attached to an aromatic ring is 1. The van der Waals surface area contributed by atoms with Gasteiger partial charge in [-0.2, -0.15) is 0 Å². The number of aromatic nitrogens is 1. The van der Waals surface area contributed by atoms with Gasteiger partial charge in [-0.3, -0.25) is 0 Å². The van der Waals surface area contributed by atoms with Crippen LogP contribution in [0.5, 0.6) is 0 Å². The Morgan fingerprint density at radius 3 is 2.94 bits per heavy atom. The lowest BCUT2D eigenvalue weighted by Gasteiger charge is -2.17. The Hall–Kier alpha value is -1.26. The average molecular weight is 254 g/mol. The Labute approximate surface area is 103 Å². The maximum atomic E-state index is 5.86. The topological polar surface area (TPSA) is 42.1 Å². The lowest BCUT2D eigenvalue weighted by Crippen LogP contribution is -2.17. The van der Waals surface area contributed by atoms with Crippen molar-refractivity contribution in [1.29, 1.82) is 0 Å². The molecular formula is C11H12ClN3S. The molecule has 84 valence electrons. The Bertz CT molecular complexity index is 450. The van der Waals surface area contributed by atoms with Gasteiger partial charge in [-0.05, 0) is 17.5 Å². The summed E-state index contributed by atoms with van der Waals surface area (Å²) in [6.45, 7) is 0.810. The Kier molecular flexibility index (Phi) is 3.31. The summed E-state index contributed by atoms with van der Waals surface area (Å²) in [6, 6.07) is 7.59. The highest BCUT2D eigenvalue weighted by Gasteiger charge is 2.06. The van der Waals surface area contributed by atoms with Gasteiger partial charge in [0, 0.05) is 23.7 Å². The molecule has 0 spiro atoms. The van der Waals surface area contributed by atoms with Gasteiger partial charge in [0.05, 0.1) is 6.54 Å². The van der Waals surface area contributed by atoms with Crippen molar-refractivity contribution < 1.29 is 0 Å². The molecule has 0 unspecified atom stereocenters. The minimum Gasteiger partial charge on any atom is -0.399 e. The van der Waals surface area contributed by atoms with Crippen molar-refractivity contribution in [3.8, 4) is 0 Å². The molecule has 2 heterocycles. The molecule has 16 heavy (non-hydrogen) atoms. The molecule has 0 radical (unpaired) electrons. The van der Waals surface area contributed by atoms with Gasteiger partial charge in [0.15, 0.2) is 0 Å². The highest BCUT2D eigenvalue weighted by atomic mass is 35.5. The molecule has 0 saturated carbocycles. The second kappa shape index (κ2) is 4.72. The van der Waals surface area contributed by atoms with Crippen molar-refractivity contribution in [2.24, 2.45) is 0 Å². The maximum Gasteiger partial charge on any atom is 0.133 e. The quantitative estimate of drug-likeness (QED) is 0.855. The second-order valence-corrected chi connectivity index (χ2v) is 4.94. The van der Waals surface area contributed by atoms with Crippen LogP contribution in [0.1, 0.15) is 4.88 Å². The molecule has 0 amide bonds. The van der Waals surface area contributed by atoms with Gasteiger partial charge in [-0.1, -0.05) is 17.7 Å². The number of nitrogens with two attached hydrogens (primary N) is 1. The van der Waals surface area contributed by atoms with E-state index in [9.17, 15) is 0 Å². The molecule has 0 aromatic carbocycles. The van der Waals surface area contributed by atoms with Gasteiger partial charge in [-0.15, -0.1) is 11.3 Å². The van der Waals surface area contributed by atoms with Gasteiger partial charge >= 0.3 is 0 Å². The van der Waals surface area contributed by atoms with E-state index in [-0.39, 0.29) is 0 Å². The van der Waals surface area contributed by atoms with Crippen molar-refractivity contribution in [1.82, 2.24) is 4.98 Å². The molecule has 5 heteroatoms. The summed E-state index contributed by atoms with van der Waals surface area (Å²) in [5, 5.41) is 2.48. The van der Waals surface area contributed by atoms with E-state index in [1.54, 1.807) is 17.4 Å². The zero-order chi connectivity index (χ0) is 11.5. The number of hydrogen-bond acceptors (Lipinski definition) is 4.